The predicted octanol–water partition coefficient (Wildman–Crippen LogP) is 4.02. The van der Waals surface area contributed by atoms with Crippen molar-refractivity contribution < 1.29 is 19.0 Å². The van der Waals surface area contributed by atoms with Crippen LogP contribution in [-0.4, -0.2) is 81.8 Å². The highest BCUT2D eigenvalue weighted by atomic mass is 35.5. The Morgan fingerprint density at radius 2 is 1.54 bits per heavy atom. The molecule has 1 aliphatic heterocycles. The van der Waals surface area contributed by atoms with Crippen molar-refractivity contribution in [1.29, 1.82) is 0 Å². The highest BCUT2D eigenvalue weighted by Gasteiger charge is 2.27. The molecule has 2 aromatic carbocycles. The van der Waals surface area contributed by atoms with E-state index in [9.17, 15) is 4.79 Å². The summed E-state index contributed by atoms with van der Waals surface area (Å²) in [6, 6.07) is 10.8. The van der Waals surface area contributed by atoms with Crippen molar-refractivity contribution in [3.8, 4) is 22.9 Å². The van der Waals surface area contributed by atoms with E-state index < -0.39 is 0 Å². The zero-order valence-corrected chi connectivity index (χ0v) is 22.9. The van der Waals surface area contributed by atoms with Gasteiger partial charge < -0.3 is 24.0 Å². The van der Waals surface area contributed by atoms with Crippen LogP contribution in [0.25, 0.3) is 16.9 Å². The molecule has 3 heterocycles. The van der Waals surface area contributed by atoms with Gasteiger partial charge in [0.25, 0.3) is 5.91 Å². The van der Waals surface area contributed by atoms with Crippen LogP contribution in [0.5, 0.6) is 17.2 Å². The summed E-state index contributed by atoms with van der Waals surface area (Å²) >= 11 is 6.03. The second-order valence-electron chi connectivity index (χ2n) is 8.73. The third-order valence-electron chi connectivity index (χ3n) is 6.31. The molecule has 0 atom stereocenters. The first kappa shape index (κ1) is 26.5. The molecule has 1 fully saturated rings. The largest absolute Gasteiger partial charge is 0.490 e. The van der Waals surface area contributed by atoms with Crippen molar-refractivity contribution in [3.05, 3.63) is 53.3 Å². The second kappa shape index (κ2) is 11.7. The molecule has 0 radical (unpaired) electrons. The van der Waals surface area contributed by atoms with Crippen LogP contribution in [0.3, 0.4) is 0 Å². The Balaban J connectivity index is 1.34. The average Bonchev–Trinajstić information content (AvgIpc) is 3.39. The van der Waals surface area contributed by atoms with E-state index in [2.05, 4.69) is 25.2 Å². The SMILES string of the molecule is CCOc1cc(C(=O)N2CCN(c3ncnc4c3nnn4-c3ccc(Cl)cc3)CC2)cc(OCC)c1OCC. The third-order valence-corrected chi connectivity index (χ3v) is 6.56. The molecule has 1 aliphatic rings. The van der Waals surface area contributed by atoms with E-state index in [1.54, 1.807) is 28.9 Å². The number of fused-ring (bicyclic) bond motifs is 1. The van der Waals surface area contributed by atoms with Gasteiger partial charge in [-0.25, -0.2) is 9.97 Å². The average molecular weight is 552 g/mol. The lowest BCUT2D eigenvalue weighted by Gasteiger charge is -2.35. The molecule has 204 valence electrons. The van der Waals surface area contributed by atoms with Crippen LogP contribution in [0.15, 0.2) is 42.7 Å². The lowest BCUT2D eigenvalue weighted by molar-refractivity contribution is 0.0745. The summed E-state index contributed by atoms with van der Waals surface area (Å²) in [4.78, 5) is 26.4. The second-order valence-corrected chi connectivity index (χ2v) is 9.16. The maximum Gasteiger partial charge on any atom is 0.254 e. The van der Waals surface area contributed by atoms with Crippen molar-refractivity contribution in [2.24, 2.45) is 0 Å². The summed E-state index contributed by atoms with van der Waals surface area (Å²) in [6.45, 7) is 9.21. The highest BCUT2D eigenvalue weighted by molar-refractivity contribution is 6.30. The summed E-state index contributed by atoms with van der Waals surface area (Å²) < 4.78 is 19.0. The van der Waals surface area contributed by atoms with Gasteiger partial charge in [-0.15, -0.1) is 5.10 Å². The molecule has 0 spiro atoms. The minimum Gasteiger partial charge on any atom is -0.490 e. The minimum absolute atomic E-state index is 0.0962. The minimum atomic E-state index is -0.0962. The van der Waals surface area contributed by atoms with Crippen molar-refractivity contribution in [2.45, 2.75) is 20.8 Å². The van der Waals surface area contributed by atoms with E-state index in [4.69, 9.17) is 25.8 Å². The summed E-state index contributed by atoms with van der Waals surface area (Å²) in [5, 5.41) is 9.30. The van der Waals surface area contributed by atoms with Gasteiger partial charge >= 0.3 is 0 Å². The number of benzene rings is 2. The van der Waals surface area contributed by atoms with Crippen molar-refractivity contribution >= 4 is 34.5 Å². The first-order valence-corrected chi connectivity index (χ1v) is 13.3. The van der Waals surface area contributed by atoms with Crippen LogP contribution in [0.2, 0.25) is 5.02 Å². The van der Waals surface area contributed by atoms with Crippen LogP contribution in [-0.2, 0) is 0 Å². The first-order chi connectivity index (χ1) is 19.0. The molecule has 2 aromatic heterocycles. The number of nitrogens with zero attached hydrogens (tertiary/aromatic N) is 7. The molecule has 4 aromatic rings. The Labute approximate surface area is 231 Å². The number of aromatic nitrogens is 5. The number of ether oxygens (including phenoxy) is 3. The fourth-order valence-electron chi connectivity index (χ4n) is 4.54. The highest BCUT2D eigenvalue weighted by Crippen LogP contribution is 2.39. The monoisotopic (exact) mass is 551 g/mol. The maximum absolute atomic E-state index is 13.5. The molecule has 39 heavy (non-hydrogen) atoms. The van der Waals surface area contributed by atoms with Crippen molar-refractivity contribution in [1.82, 2.24) is 29.9 Å². The van der Waals surface area contributed by atoms with E-state index >= 15 is 0 Å². The van der Waals surface area contributed by atoms with E-state index in [0.717, 1.165) is 5.69 Å². The molecule has 0 unspecified atom stereocenters. The van der Waals surface area contributed by atoms with Crippen LogP contribution in [0.4, 0.5) is 5.82 Å². The number of amides is 1. The van der Waals surface area contributed by atoms with Gasteiger partial charge in [-0.2, -0.15) is 4.68 Å². The Hall–Kier alpha value is -4.12. The molecule has 5 rings (SSSR count). The van der Waals surface area contributed by atoms with Gasteiger partial charge in [-0.3, -0.25) is 4.79 Å². The fraction of sp³-hybridized carbons (Fsp3) is 0.370. The Morgan fingerprint density at radius 3 is 2.15 bits per heavy atom. The molecular formula is C27H30ClN7O4. The molecule has 12 heteroatoms. The van der Waals surface area contributed by atoms with E-state index in [1.807, 2.05) is 37.8 Å². The van der Waals surface area contributed by atoms with Gasteiger partial charge in [0.05, 0.1) is 25.5 Å². The number of carbonyl (C=O) groups is 1. The number of rotatable bonds is 9. The molecule has 11 nitrogen and oxygen atoms in total. The smallest absolute Gasteiger partial charge is 0.254 e. The standard InChI is InChI=1S/C27H30ClN7O4/c1-4-37-21-15-18(16-22(38-5-2)24(21)39-6-3)27(36)34-13-11-33(12-14-34)25-23-26(30-17-29-25)35(32-31-23)20-9-7-19(28)8-10-20/h7-10,15-17H,4-6,11-14H2,1-3H3. The van der Waals surface area contributed by atoms with Gasteiger partial charge in [0.15, 0.2) is 28.5 Å². The zero-order valence-electron chi connectivity index (χ0n) is 22.1. The van der Waals surface area contributed by atoms with Gasteiger partial charge in [0.2, 0.25) is 5.75 Å². The van der Waals surface area contributed by atoms with Crippen molar-refractivity contribution in [3.63, 3.8) is 0 Å². The summed E-state index contributed by atoms with van der Waals surface area (Å²) in [5.74, 6) is 2.10. The maximum atomic E-state index is 13.5. The lowest BCUT2D eigenvalue weighted by atomic mass is 10.1. The molecule has 1 saturated heterocycles. The quantitative estimate of drug-likeness (QED) is 0.305. The summed E-state index contributed by atoms with van der Waals surface area (Å²) in [6.07, 6.45) is 1.51. The van der Waals surface area contributed by atoms with E-state index in [-0.39, 0.29) is 5.91 Å². The number of halogens is 1. The third kappa shape index (κ3) is 5.40. The predicted molar refractivity (Wildman–Crippen MR) is 148 cm³/mol. The van der Waals surface area contributed by atoms with E-state index in [1.165, 1.54) is 6.33 Å². The first-order valence-electron chi connectivity index (χ1n) is 13.0. The molecule has 0 N–H and O–H groups in total. The van der Waals surface area contributed by atoms with Gasteiger partial charge in [-0.1, -0.05) is 16.8 Å². The van der Waals surface area contributed by atoms with Crippen molar-refractivity contribution in [2.75, 3.05) is 50.9 Å². The lowest BCUT2D eigenvalue weighted by Crippen LogP contribution is -2.49. The van der Waals surface area contributed by atoms with Crippen LogP contribution in [0.1, 0.15) is 31.1 Å². The molecule has 0 saturated carbocycles. The molecule has 0 bridgehead atoms. The van der Waals surface area contributed by atoms with Gasteiger partial charge in [0.1, 0.15) is 6.33 Å². The topological polar surface area (TPSA) is 108 Å². The molecular weight excluding hydrogens is 522 g/mol. The van der Waals surface area contributed by atoms with Crippen LogP contribution in [0, 0.1) is 0 Å². The Kier molecular flexibility index (Phi) is 7.97. The van der Waals surface area contributed by atoms with Gasteiger partial charge in [-0.05, 0) is 57.2 Å². The summed E-state index contributed by atoms with van der Waals surface area (Å²) in [5.41, 5.74) is 2.49. The zero-order chi connectivity index (χ0) is 27.4. The molecule has 1 amide bonds. The Morgan fingerprint density at radius 1 is 0.897 bits per heavy atom. The van der Waals surface area contributed by atoms with E-state index in [0.29, 0.717) is 90.8 Å². The Bertz CT molecular complexity index is 1430. The van der Waals surface area contributed by atoms with Crippen LogP contribution >= 0.6 is 11.6 Å². The molecule has 0 aliphatic carbocycles. The number of piperazine rings is 1. The number of hydrogen-bond donors (Lipinski definition) is 0. The number of anilines is 1. The van der Waals surface area contributed by atoms with Gasteiger partial charge in [0, 0.05) is 36.8 Å². The number of carbonyl (C=O) groups excluding carboxylic acids is 1. The summed E-state index contributed by atoms with van der Waals surface area (Å²) in [7, 11) is 0. The van der Waals surface area contributed by atoms with Crippen LogP contribution < -0.4 is 19.1 Å². The fourth-order valence-corrected chi connectivity index (χ4v) is 4.67. The normalized spacial score (nSPS) is 13.5. The number of hydrogen-bond acceptors (Lipinski definition) is 9.